The molecule has 0 bridgehead atoms. The second-order valence-corrected chi connectivity index (χ2v) is 28.1. The van der Waals surface area contributed by atoms with Crippen molar-refractivity contribution in [3.05, 3.63) is 185 Å². The minimum atomic E-state index is -0.847. The predicted molar refractivity (Wildman–Crippen MR) is 415 cm³/mol. The molecule has 0 spiro atoms. The number of rotatable bonds is 23. The Balaban J connectivity index is 0.000000226. The van der Waals surface area contributed by atoms with Gasteiger partial charge in [0.1, 0.15) is 23.8 Å². The van der Waals surface area contributed by atoms with Crippen molar-refractivity contribution < 1.29 is 76.4 Å². The Morgan fingerprint density at radius 3 is 1.70 bits per heavy atom. The van der Waals surface area contributed by atoms with Gasteiger partial charge >= 0.3 is 18.4 Å². The molecular formula is C84H95N11O16. The second kappa shape index (κ2) is 38.4. The molecule has 3 saturated heterocycles. The van der Waals surface area contributed by atoms with Gasteiger partial charge in [-0.25, -0.2) is 9.69 Å². The second-order valence-electron chi connectivity index (χ2n) is 28.1. The van der Waals surface area contributed by atoms with Crippen LogP contribution in [-0.4, -0.2) is 152 Å². The first-order chi connectivity index (χ1) is 53.5. The molecular weight excluding hydrogens is 1420 g/mol. The number of aryl methyl sites for hydroxylation is 8. The van der Waals surface area contributed by atoms with E-state index in [-0.39, 0.29) is 86.1 Å². The fraction of sp³-hybridized carbons (Fsp3) is 0.381. The van der Waals surface area contributed by atoms with Gasteiger partial charge in [0.2, 0.25) is 11.8 Å². The van der Waals surface area contributed by atoms with Crippen molar-refractivity contribution in [3.8, 4) is 33.8 Å². The molecule has 4 aromatic carbocycles. The summed E-state index contributed by atoms with van der Waals surface area (Å²) in [5.74, 6) is 0.285. The van der Waals surface area contributed by atoms with Crippen molar-refractivity contribution in [1.82, 2.24) is 28.1 Å². The highest BCUT2D eigenvalue weighted by Gasteiger charge is 2.47. The number of ketones is 1. The van der Waals surface area contributed by atoms with Gasteiger partial charge in [-0.05, 0) is 186 Å². The SMILES string of the molecule is C=CCOC(=O)N1c2cc(OCCCC(=O)Nc3cc(C(=O)Nc4ccc(-c5cc(C)n(C)c5)cc4)n(C)c3)c(C)cc2C(=O)N2CCCC[C@H]2C1OC1CCCCO1.Cc1cc2c(cc1OCCCC(=O)Nc1cc(C(=O)Cc3ccc(-c4cc(C)n(C)c4)cc3)n(C)c1)N=C[C@@H]1CCCCN1C2=O.O=C=O.O=C=O. The number of nitrogens with one attached hydrogen (secondary N) is 3. The summed E-state index contributed by atoms with van der Waals surface area (Å²) in [4.78, 5) is 136. The van der Waals surface area contributed by atoms with Crippen LogP contribution in [0, 0.1) is 27.7 Å². The van der Waals surface area contributed by atoms with E-state index in [2.05, 4.69) is 75.0 Å². The van der Waals surface area contributed by atoms with Gasteiger partial charge in [-0.2, -0.15) is 19.2 Å². The van der Waals surface area contributed by atoms with Crippen LogP contribution in [-0.2, 0) is 77.6 Å². The van der Waals surface area contributed by atoms with Gasteiger partial charge in [-0.15, -0.1) is 0 Å². The molecule has 4 atom stereocenters. The number of hydrogen-bond acceptors (Lipinski definition) is 17. The van der Waals surface area contributed by atoms with Crippen LogP contribution in [0.4, 0.5) is 33.2 Å². The zero-order valence-electron chi connectivity index (χ0n) is 64.0. The highest BCUT2D eigenvalue weighted by Crippen LogP contribution is 2.41. The summed E-state index contributed by atoms with van der Waals surface area (Å²) in [7, 11) is 7.59. The van der Waals surface area contributed by atoms with Crippen molar-refractivity contribution in [3.63, 3.8) is 0 Å². The van der Waals surface area contributed by atoms with E-state index in [1.165, 1.54) is 16.7 Å². The van der Waals surface area contributed by atoms with Gasteiger partial charge in [0.25, 0.3) is 17.7 Å². The maximum atomic E-state index is 14.2. The van der Waals surface area contributed by atoms with E-state index < -0.39 is 24.7 Å². The molecule has 27 nitrogen and oxygen atoms in total. The number of amides is 6. The third-order valence-electron chi connectivity index (χ3n) is 20.2. The molecule has 0 radical (unpaired) electrons. The number of ether oxygens (including phenoxy) is 5. The molecule has 0 aliphatic carbocycles. The minimum Gasteiger partial charge on any atom is -0.493 e. The van der Waals surface area contributed by atoms with Crippen LogP contribution in [0.25, 0.3) is 22.3 Å². The van der Waals surface area contributed by atoms with Crippen LogP contribution in [0.1, 0.15) is 153 Å². The van der Waals surface area contributed by atoms with Crippen LogP contribution in [0.5, 0.6) is 11.5 Å². The highest BCUT2D eigenvalue weighted by atomic mass is 16.7. The third kappa shape index (κ3) is 20.7. The zero-order chi connectivity index (χ0) is 79.4. The number of hydrogen-bond donors (Lipinski definition) is 3. The van der Waals surface area contributed by atoms with E-state index in [1.807, 2.05) is 112 Å². The number of piperidine rings is 2. The molecule has 6 amide bonds. The molecule has 9 heterocycles. The molecule has 5 aliphatic rings. The Bertz CT molecular complexity index is 4740. The van der Waals surface area contributed by atoms with Gasteiger partial charge < -0.3 is 67.7 Å². The number of carbonyl (C=O) groups excluding carboxylic acids is 11. The lowest BCUT2D eigenvalue weighted by atomic mass is 10.00. The lowest BCUT2D eigenvalue weighted by Crippen LogP contribution is -2.57. The average Bonchev–Trinajstić information content (AvgIpc) is 1.61. The topological polar surface area (TPSA) is 312 Å². The minimum absolute atomic E-state index is 0.0157. The number of carbonyl (C=O) groups is 7. The first-order valence-corrected chi connectivity index (χ1v) is 37.3. The molecule has 5 aliphatic heterocycles. The largest absolute Gasteiger partial charge is 0.493 e. The standard InChI is InChI=1S/C45H54N6O8.C37H41N5O4.2CO2/c1-6-20-58-45(55)51-37-26-39(29(2)23-35(37)43(54)50-19-9-7-12-36(50)44(51)59-41-14-8-10-21-57-41)56-22-11-13-40(52)46-34-25-38(49(5)28-34)42(53)47-33-17-15-31(16-18-33)32-24-30(3)48(4)27-32;1-24-16-31-32(38-21-30-8-5-6-14-42(30)37(31)45)20-35(24)46-15-7-9-36(44)39-29-19-33(41(4)23-29)34(43)18-26-10-12-27(13-11-26)28-17-25(2)40(3)22-28;2*2-1-3/h6,15-18,23-28,36,41,44H,1,7-14,19-22H2,2-5H3,(H,46,52)(H,47,53);10-13,16-17,19-23,30H,5-9,14-15,18H2,1-4H3,(H,39,44);;/t36-,41?,44?;30-;;/m00../s1. The van der Waals surface area contributed by atoms with E-state index in [9.17, 15) is 33.6 Å². The predicted octanol–water partition coefficient (Wildman–Crippen LogP) is 13.1. The third-order valence-corrected chi connectivity index (χ3v) is 20.2. The summed E-state index contributed by atoms with van der Waals surface area (Å²) < 4.78 is 38.0. The summed E-state index contributed by atoms with van der Waals surface area (Å²) in [6.07, 6.45) is 19.1. The molecule has 2 unspecified atom stereocenters. The fourth-order valence-electron chi connectivity index (χ4n) is 14.2. The molecule has 3 fully saturated rings. The Morgan fingerprint density at radius 1 is 0.586 bits per heavy atom. The normalized spacial score (nSPS) is 16.7. The summed E-state index contributed by atoms with van der Waals surface area (Å²) in [6, 6.07) is 30.2. The average molecular weight is 1510 g/mol. The Labute approximate surface area is 644 Å². The number of aromatic nitrogens is 4. The van der Waals surface area contributed by atoms with Crippen molar-refractivity contribution >= 4 is 88.4 Å². The van der Waals surface area contributed by atoms with Gasteiger partial charge in [0, 0.05) is 127 Å². The van der Waals surface area contributed by atoms with Crippen LogP contribution < -0.4 is 30.3 Å². The molecule has 111 heavy (non-hydrogen) atoms. The van der Waals surface area contributed by atoms with Gasteiger partial charge in [0.15, 0.2) is 18.3 Å². The lowest BCUT2D eigenvalue weighted by Gasteiger charge is -2.42. The van der Waals surface area contributed by atoms with E-state index in [0.717, 1.165) is 90.6 Å². The molecule has 582 valence electrons. The molecule has 27 heteroatoms. The number of anilines is 4. The van der Waals surface area contributed by atoms with Crippen LogP contribution in [0.3, 0.4) is 0 Å². The Morgan fingerprint density at radius 2 is 1.13 bits per heavy atom. The summed E-state index contributed by atoms with van der Waals surface area (Å²) in [5.41, 5.74) is 13.9. The maximum Gasteiger partial charge on any atom is 0.416 e. The quantitative estimate of drug-likeness (QED) is 0.0304. The van der Waals surface area contributed by atoms with Gasteiger partial charge in [0.05, 0.1) is 64.9 Å². The molecule has 4 aromatic heterocycles. The van der Waals surface area contributed by atoms with Crippen molar-refractivity contribution in [2.24, 2.45) is 33.2 Å². The number of Topliss-reactive ketones (excluding diaryl/α,β-unsaturated/α-hetero) is 1. The summed E-state index contributed by atoms with van der Waals surface area (Å²) >= 11 is 0. The summed E-state index contributed by atoms with van der Waals surface area (Å²) in [6.45, 7) is 14.0. The van der Waals surface area contributed by atoms with Crippen LogP contribution >= 0.6 is 0 Å². The Kier molecular flexibility index (Phi) is 28.2. The number of nitrogens with zero attached hydrogens (tertiary/aromatic N) is 8. The number of aliphatic imine (C=N–C) groups is 1. The van der Waals surface area contributed by atoms with Crippen molar-refractivity contribution in [2.75, 3.05) is 60.4 Å². The van der Waals surface area contributed by atoms with Crippen LogP contribution in [0.15, 0.2) is 139 Å². The van der Waals surface area contributed by atoms with E-state index in [4.69, 9.17) is 42.9 Å². The van der Waals surface area contributed by atoms with E-state index in [0.29, 0.717) is 113 Å². The highest BCUT2D eigenvalue weighted by molar-refractivity contribution is 6.07. The monoisotopic (exact) mass is 1510 g/mol. The smallest absolute Gasteiger partial charge is 0.416 e. The van der Waals surface area contributed by atoms with Gasteiger partial charge in [-0.1, -0.05) is 49.1 Å². The van der Waals surface area contributed by atoms with Crippen LogP contribution in [0.2, 0.25) is 0 Å². The zero-order valence-corrected chi connectivity index (χ0v) is 64.0. The number of fused-ring (bicyclic) bond motifs is 4. The molecule has 0 saturated carbocycles. The molecule has 13 rings (SSSR count). The number of benzene rings is 4. The van der Waals surface area contributed by atoms with E-state index >= 15 is 0 Å². The molecule has 3 N–H and O–H groups in total. The van der Waals surface area contributed by atoms with E-state index in [1.54, 1.807) is 52.8 Å². The Hall–Kier alpha value is -12.0. The first-order valence-electron chi connectivity index (χ1n) is 37.3. The lowest BCUT2D eigenvalue weighted by molar-refractivity contribution is -0.198. The molecule has 8 aromatic rings. The van der Waals surface area contributed by atoms with Crippen molar-refractivity contribution in [2.45, 2.75) is 142 Å². The fourth-order valence-corrected chi connectivity index (χ4v) is 14.2. The summed E-state index contributed by atoms with van der Waals surface area (Å²) in [5, 5.41) is 8.73. The maximum absolute atomic E-state index is 14.2. The van der Waals surface area contributed by atoms with Gasteiger partial charge in [-0.3, -0.25) is 33.8 Å². The first kappa shape index (κ1) is 81.5. The van der Waals surface area contributed by atoms with Crippen molar-refractivity contribution in [1.29, 1.82) is 0 Å².